The van der Waals surface area contributed by atoms with Gasteiger partial charge in [0, 0.05) is 18.5 Å². The van der Waals surface area contributed by atoms with Gasteiger partial charge >= 0.3 is 12.1 Å². The van der Waals surface area contributed by atoms with Gasteiger partial charge in [-0.05, 0) is 79.4 Å². The van der Waals surface area contributed by atoms with E-state index in [0.717, 1.165) is 49.3 Å². The summed E-state index contributed by atoms with van der Waals surface area (Å²) in [5.41, 5.74) is 1.36. The van der Waals surface area contributed by atoms with Gasteiger partial charge in [-0.1, -0.05) is 47.5 Å². The number of rotatable bonds is 11. The molecule has 4 heterocycles. The summed E-state index contributed by atoms with van der Waals surface area (Å²) >= 11 is 12.7. The Hall–Kier alpha value is -4.65. The Morgan fingerprint density at radius 3 is 2.29 bits per heavy atom. The van der Waals surface area contributed by atoms with Crippen LogP contribution in [0.5, 0.6) is 11.5 Å². The van der Waals surface area contributed by atoms with Crippen LogP contribution < -0.4 is 19.1 Å². The zero-order chi connectivity index (χ0) is 36.2. The van der Waals surface area contributed by atoms with Gasteiger partial charge in [0.2, 0.25) is 0 Å². The van der Waals surface area contributed by atoms with E-state index in [4.69, 9.17) is 42.1 Å². The van der Waals surface area contributed by atoms with Gasteiger partial charge in [0.05, 0.1) is 32.0 Å². The number of anilines is 1. The first-order valence-electron chi connectivity index (χ1n) is 16.3. The number of aromatic nitrogens is 1. The van der Waals surface area contributed by atoms with Crippen molar-refractivity contribution in [3.63, 3.8) is 0 Å². The molecule has 2 atom stereocenters. The molecule has 10 nitrogen and oxygen atoms in total. The maximum atomic E-state index is 15.0. The number of benzene rings is 3. The molecule has 3 fully saturated rings. The minimum absolute atomic E-state index is 0.0215. The summed E-state index contributed by atoms with van der Waals surface area (Å²) in [5, 5.41) is 12.0. The summed E-state index contributed by atoms with van der Waals surface area (Å²) in [6, 6.07) is 14.8. The van der Waals surface area contributed by atoms with Gasteiger partial charge in [-0.15, -0.1) is 0 Å². The number of nitrogens with zero attached hydrogens (tertiary/aromatic N) is 3. The van der Waals surface area contributed by atoms with Crippen LogP contribution in [0.15, 0.2) is 73.1 Å². The number of ether oxygens (including phenoxy) is 4. The number of hydrogen-bond donors (Lipinski definition) is 0. The molecule has 1 amide bonds. The van der Waals surface area contributed by atoms with Crippen LogP contribution in [0.4, 0.5) is 19.3 Å². The summed E-state index contributed by atoms with van der Waals surface area (Å²) in [6.45, 7) is 2.33. The molecule has 0 saturated carbocycles. The Morgan fingerprint density at radius 2 is 1.67 bits per heavy atom. The molecular formula is C37H35Cl2F2N3O7. The lowest BCUT2D eigenvalue weighted by molar-refractivity contribution is -0.605. The van der Waals surface area contributed by atoms with Crippen LogP contribution >= 0.6 is 23.2 Å². The second-order valence-corrected chi connectivity index (χ2v) is 13.2. The van der Waals surface area contributed by atoms with E-state index < -0.39 is 29.8 Å². The second-order valence-electron chi connectivity index (χ2n) is 12.4. The normalized spacial score (nSPS) is 18.5. The van der Waals surface area contributed by atoms with Crippen molar-refractivity contribution in [3.8, 4) is 11.5 Å². The average molecular weight is 743 g/mol. The quantitative estimate of drug-likeness (QED) is 0.0897. The van der Waals surface area contributed by atoms with E-state index in [2.05, 4.69) is 4.90 Å². The van der Waals surface area contributed by atoms with Gasteiger partial charge in [-0.3, -0.25) is 9.80 Å². The second kappa shape index (κ2) is 15.7. The third kappa shape index (κ3) is 8.14. The molecular weight excluding hydrogens is 707 g/mol. The van der Waals surface area contributed by atoms with E-state index in [1.165, 1.54) is 38.5 Å². The summed E-state index contributed by atoms with van der Waals surface area (Å²) in [4.78, 5) is 30.4. The van der Waals surface area contributed by atoms with Gasteiger partial charge in [0.15, 0.2) is 35.5 Å². The molecule has 14 heteroatoms. The summed E-state index contributed by atoms with van der Waals surface area (Å²) in [6.07, 6.45) is 2.07. The molecule has 0 spiro atoms. The van der Waals surface area contributed by atoms with Crippen molar-refractivity contribution in [2.75, 3.05) is 38.8 Å². The monoisotopic (exact) mass is 741 g/mol. The number of piperidine rings is 3. The molecule has 51 heavy (non-hydrogen) atoms. The van der Waals surface area contributed by atoms with Crippen molar-refractivity contribution < 1.29 is 42.0 Å². The Balaban J connectivity index is 1.23. The highest BCUT2D eigenvalue weighted by molar-refractivity contribution is 6.35. The smallest absolute Gasteiger partial charge is 0.415 e. The van der Waals surface area contributed by atoms with E-state index in [1.807, 2.05) is 0 Å². The van der Waals surface area contributed by atoms with E-state index >= 15 is 4.39 Å². The molecule has 2 bridgehead atoms. The minimum Gasteiger partial charge on any atom is -0.619 e. The van der Waals surface area contributed by atoms with E-state index in [1.54, 1.807) is 30.3 Å². The van der Waals surface area contributed by atoms with Crippen molar-refractivity contribution >= 4 is 41.0 Å². The molecule has 1 aromatic heterocycles. The van der Waals surface area contributed by atoms with Gasteiger partial charge in [0.25, 0.3) is 0 Å². The maximum Gasteiger partial charge on any atom is 0.415 e. The zero-order valence-corrected chi connectivity index (χ0v) is 29.3. The predicted octanol–water partition coefficient (Wildman–Crippen LogP) is 7.30. The van der Waals surface area contributed by atoms with Crippen molar-refractivity contribution in [2.45, 2.75) is 38.0 Å². The molecule has 0 aliphatic carbocycles. The van der Waals surface area contributed by atoms with E-state index in [-0.39, 0.29) is 46.3 Å². The van der Waals surface area contributed by atoms with Crippen molar-refractivity contribution in [1.29, 1.82) is 0 Å². The molecule has 0 N–H and O–H groups in total. The highest BCUT2D eigenvalue weighted by Crippen LogP contribution is 2.36. The van der Waals surface area contributed by atoms with Crippen LogP contribution in [0.3, 0.4) is 0 Å². The van der Waals surface area contributed by atoms with Gasteiger partial charge in [0.1, 0.15) is 22.3 Å². The highest BCUT2D eigenvalue weighted by atomic mass is 35.5. The molecule has 3 aliphatic heterocycles. The Bertz CT molecular complexity index is 1880. The number of pyridine rings is 1. The van der Waals surface area contributed by atoms with Crippen LogP contribution in [0.1, 0.15) is 46.0 Å². The lowest BCUT2D eigenvalue weighted by Gasteiger charge is -2.44. The third-order valence-corrected chi connectivity index (χ3v) is 9.95. The van der Waals surface area contributed by atoms with Crippen LogP contribution in [0, 0.1) is 22.8 Å². The SMILES string of the molecule is COc1ccc([C@H](Cc2c(Cl)c[n+]([O-])cc2Cl)OC(=O)c2ccc(CN(C(=O)O[C@H]3CN4CCC3CC4)c3cccc(F)c3F)cc2)cc1OC. The largest absolute Gasteiger partial charge is 0.619 e. The standard InChI is InChI=1S/C37H35Cl2F2N3O7/c1-48-31-11-10-25(16-33(31)49-2)32(17-26-27(38)19-43(47)20-28(26)39)50-36(45)24-8-6-22(7-9-24)18-44(30-5-3-4-29(40)35(30)41)37(46)51-34-21-42-14-12-23(34)13-15-42/h3-11,16,19-20,23,32,34H,12-15,17-18,21H2,1-2H3/t32-,34-/m0/s1. The molecule has 3 aromatic carbocycles. The fraction of sp³-hybridized carbons (Fsp3) is 0.324. The lowest BCUT2D eigenvalue weighted by Crippen LogP contribution is -2.53. The van der Waals surface area contributed by atoms with Crippen molar-refractivity contribution in [3.05, 3.63) is 122 Å². The van der Waals surface area contributed by atoms with Crippen LogP contribution in [-0.4, -0.2) is 56.9 Å². The molecule has 0 radical (unpaired) electrons. The number of carbonyl (C=O) groups excluding carboxylic acids is 2. The van der Waals surface area contributed by atoms with Gasteiger partial charge in [-0.2, -0.15) is 4.73 Å². The molecule has 268 valence electrons. The Morgan fingerprint density at radius 1 is 0.980 bits per heavy atom. The number of halogens is 4. The summed E-state index contributed by atoms with van der Waals surface area (Å²) < 4.78 is 52.5. The molecule has 0 unspecified atom stereocenters. The minimum atomic E-state index is -1.17. The number of carbonyl (C=O) groups is 2. The summed E-state index contributed by atoms with van der Waals surface area (Å²) in [5.74, 6) is -1.89. The maximum absolute atomic E-state index is 15.0. The number of amides is 1. The average Bonchev–Trinajstić information content (AvgIpc) is 3.13. The first kappa shape index (κ1) is 36.2. The van der Waals surface area contributed by atoms with Crippen LogP contribution in [-0.2, 0) is 22.4 Å². The third-order valence-electron chi connectivity index (χ3n) is 9.30. The topological polar surface area (TPSA) is 104 Å². The number of esters is 1. The zero-order valence-electron chi connectivity index (χ0n) is 27.8. The summed E-state index contributed by atoms with van der Waals surface area (Å²) in [7, 11) is 2.97. The Labute approximate surface area is 303 Å². The van der Waals surface area contributed by atoms with Gasteiger partial charge in [-0.25, -0.2) is 18.4 Å². The van der Waals surface area contributed by atoms with Crippen LogP contribution in [0.2, 0.25) is 10.0 Å². The molecule has 7 rings (SSSR count). The number of hydrogen-bond acceptors (Lipinski definition) is 8. The first-order valence-corrected chi connectivity index (χ1v) is 17.0. The van der Waals surface area contributed by atoms with E-state index in [0.29, 0.717) is 39.5 Å². The van der Waals surface area contributed by atoms with E-state index in [9.17, 15) is 19.2 Å². The fourth-order valence-electron chi connectivity index (χ4n) is 6.50. The van der Waals surface area contributed by atoms with Crippen molar-refractivity contribution in [1.82, 2.24) is 4.90 Å². The van der Waals surface area contributed by atoms with Crippen molar-refractivity contribution in [2.24, 2.45) is 5.92 Å². The Kier molecular flexibility index (Phi) is 11.1. The molecule has 4 aromatic rings. The number of fused-ring (bicyclic) bond motifs is 3. The predicted molar refractivity (Wildman–Crippen MR) is 185 cm³/mol. The fourth-order valence-corrected chi connectivity index (χ4v) is 7.10. The molecule has 3 aliphatic rings. The number of methoxy groups -OCH3 is 2. The lowest BCUT2D eigenvalue weighted by atomic mass is 9.86. The highest BCUT2D eigenvalue weighted by Gasteiger charge is 2.38. The molecule has 3 saturated heterocycles. The van der Waals surface area contributed by atoms with Crippen LogP contribution in [0.25, 0.3) is 0 Å². The van der Waals surface area contributed by atoms with Gasteiger partial charge < -0.3 is 24.2 Å². The first-order chi connectivity index (χ1) is 24.5.